The van der Waals surface area contributed by atoms with Gasteiger partial charge in [0.25, 0.3) is 0 Å². The molecule has 1 rings (SSSR count). The van der Waals surface area contributed by atoms with Crippen molar-refractivity contribution in [1.29, 1.82) is 0 Å². The molecule has 5 heteroatoms. The van der Waals surface area contributed by atoms with Crippen molar-refractivity contribution in [3.63, 3.8) is 0 Å². The number of nitrogens with one attached hydrogen (secondary N) is 1. The van der Waals surface area contributed by atoms with E-state index in [2.05, 4.69) is 5.32 Å². The molecule has 2 N–H and O–H groups in total. The summed E-state index contributed by atoms with van der Waals surface area (Å²) in [4.78, 5) is 0. The number of benzene rings is 1. The van der Waals surface area contributed by atoms with Gasteiger partial charge in [0.05, 0.1) is 5.69 Å². The topological polar surface area (TPSA) is 32.3 Å². The summed E-state index contributed by atoms with van der Waals surface area (Å²) in [6.45, 7) is 1.89. The molecule has 1 atom stereocenters. The number of hydrogen-bond donors (Lipinski definition) is 2. The minimum Gasteiger partial charge on any atom is -0.396 e. The van der Waals surface area contributed by atoms with Crippen molar-refractivity contribution in [3.05, 3.63) is 29.6 Å². The van der Waals surface area contributed by atoms with Crippen molar-refractivity contribution in [2.75, 3.05) is 18.5 Å². The van der Waals surface area contributed by atoms with Crippen LogP contribution in [0.5, 0.6) is 0 Å². The monoisotopic (exact) mass is 219 g/mol. The zero-order valence-corrected chi connectivity index (χ0v) is 8.23. The average molecular weight is 219 g/mol. The van der Waals surface area contributed by atoms with E-state index >= 15 is 0 Å². The predicted octanol–water partition coefficient (Wildman–Crippen LogP) is 2.14. The minimum atomic E-state index is -1.23. The van der Waals surface area contributed by atoms with E-state index in [4.69, 9.17) is 5.11 Å². The smallest absolute Gasteiger partial charge is 0.182 e. The predicted molar refractivity (Wildman–Crippen MR) is 51.1 cm³/mol. The van der Waals surface area contributed by atoms with Gasteiger partial charge in [0.1, 0.15) is 5.82 Å². The van der Waals surface area contributed by atoms with Crippen LogP contribution in [0.2, 0.25) is 0 Å². The van der Waals surface area contributed by atoms with Crippen LogP contribution in [0.4, 0.5) is 18.9 Å². The van der Waals surface area contributed by atoms with Gasteiger partial charge in [-0.3, -0.25) is 0 Å². The largest absolute Gasteiger partial charge is 0.396 e. The number of anilines is 1. The number of hydrogen-bond acceptors (Lipinski definition) is 2. The maximum Gasteiger partial charge on any atom is 0.182 e. The summed E-state index contributed by atoms with van der Waals surface area (Å²) >= 11 is 0. The van der Waals surface area contributed by atoms with Crippen molar-refractivity contribution in [2.24, 2.45) is 5.92 Å². The highest BCUT2D eigenvalue weighted by Crippen LogP contribution is 2.19. The van der Waals surface area contributed by atoms with Gasteiger partial charge in [-0.1, -0.05) is 6.92 Å². The summed E-state index contributed by atoms with van der Waals surface area (Å²) in [5, 5.41) is 11.2. The summed E-state index contributed by atoms with van der Waals surface area (Å²) in [7, 11) is 0. The molecule has 2 nitrogen and oxygen atoms in total. The molecule has 0 aromatic heterocycles. The van der Waals surface area contributed by atoms with Crippen LogP contribution in [0.1, 0.15) is 6.92 Å². The molecular formula is C10H12F3NO. The minimum absolute atomic E-state index is 0.0770. The van der Waals surface area contributed by atoms with Crippen LogP contribution in [-0.4, -0.2) is 18.3 Å². The lowest BCUT2D eigenvalue weighted by Crippen LogP contribution is -2.15. The molecule has 1 unspecified atom stereocenters. The molecule has 0 saturated heterocycles. The summed E-state index contributed by atoms with van der Waals surface area (Å²) in [5.41, 5.74) is -0.229. The lowest BCUT2D eigenvalue weighted by atomic mass is 10.2. The van der Waals surface area contributed by atoms with Gasteiger partial charge < -0.3 is 10.4 Å². The molecule has 0 bridgehead atoms. The van der Waals surface area contributed by atoms with Gasteiger partial charge in [-0.15, -0.1) is 0 Å². The van der Waals surface area contributed by atoms with Gasteiger partial charge in [0.15, 0.2) is 11.6 Å². The fraction of sp³-hybridized carbons (Fsp3) is 0.400. The maximum absolute atomic E-state index is 13.1. The van der Waals surface area contributed by atoms with Crippen LogP contribution in [0.25, 0.3) is 0 Å². The molecule has 15 heavy (non-hydrogen) atoms. The second-order valence-electron chi connectivity index (χ2n) is 3.42. The van der Waals surface area contributed by atoms with Crippen molar-refractivity contribution >= 4 is 5.69 Å². The molecule has 0 fully saturated rings. The first-order valence-electron chi connectivity index (χ1n) is 4.54. The van der Waals surface area contributed by atoms with E-state index in [9.17, 15) is 13.2 Å². The Kier molecular flexibility index (Phi) is 3.96. The van der Waals surface area contributed by atoms with Crippen LogP contribution in [0, 0.1) is 23.4 Å². The van der Waals surface area contributed by atoms with Crippen LogP contribution < -0.4 is 5.32 Å². The zero-order chi connectivity index (χ0) is 11.4. The molecule has 0 spiro atoms. The molecule has 0 aliphatic rings. The first kappa shape index (κ1) is 11.8. The molecule has 0 aliphatic carbocycles. The van der Waals surface area contributed by atoms with E-state index in [0.29, 0.717) is 6.07 Å². The first-order chi connectivity index (χ1) is 7.04. The molecule has 0 amide bonds. The van der Waals surface area contributed by atoms with E-state index in [1.54, 1.807) is 6.92 Å². The van der Waals surface area contributed by atoms with Gasteiger partial charge in [0.2, 0.25) is 0 Å². The van der Waals surface area contributed by atoms with Crippen LogP contribution in [0.15, 0.2) is 12.1 Å². The summed E-state index contributed by atoms with van der Waals surface area (Å²) in [5.74, 6) is -3.29. The molecule has 1 aromatic rings. The van der Waals surface area contributed by atoms with Crippen LogP contribution in [0.3, 0.4) is 0 Å². The van der Waals surface area contributed by atoms with Crippen molar-refractivity contribution in [3.8, 4) is 0 Å². The SMILES string of the molecule is CC(CO)CNc1cc(F)cc(F)c1F. The summed E-state index contributed by atoms with van der Waals surface area (Å²) in [6, 6.07) is 1.36. The number of rotatable bonds is 4. The highest BCUT2D eigenvalue weighted by Gasteiger charge is 2.11. The maximum atomic E-state index is 13.1. The number of aliphatic hydroxyl groups excluding tert-OH is 1. The van der Waals surface area contributed by atoms with Crippen LogP contribution in [-0.2, 0) is 0 Å². The van der Waals surface area contributed by atoms with Gasteiger partial charge in [-0.2, -0.15) is 0 Å². The normalized spacial score (nSPS) is 12.6. The number of halogens is 3. The summed E-state index contributed by atoms with van der Waals surface area (Å²) in [6.07, 6.45) is 0. The Hall–Kier alpha value is -1.23. The van der Waals surface area contributed by atoms with E-state index in [-0.39, 0.29) is 24.8 Å². The summed E-state index contributed by atoms with van der Waals surface area (Å²) < 4.78 is 38.5. The zero-order valence-electron chi connectivity index (χ0n) is 8.23. The van der Waals surface area contributed by atoms with E-state index in [1.807, 2.05) is 0 Å². The van der Waals surface area contributed by atoms with Gasteiger partial charge in [-0.25, -0.2) is 13.2 Å². The molecule has 0 saturated carbocycles. The van der Waals surface area contributed by atoms with Crippen molar-refractivity contribution < 1.29 is 18.3 Å². The molecule has 0 radical (unpaired) electrons. The average Bonchev–Trinajstić information content (AvgIpc) is 2.20. The quantitative estimate of drug-likeness (QED) is 0.760. The van der Waals surface area contributed by atoms with E-state index < -0.39 is 17.5 Å². The fourth-order valence-electron chi connectivity index (χ4n) is 1.03. The Labute approximate surface area is 85.7 Å². The lowest BCUT2D eigenvalue weighted by Gasteiger charge is -2.11. The molecule has 84 valence electrons. The van der Waals surface area contributed by atoms with Crippen molar-refractivity contribution in [1.82, 2.24) is 0 Å². The molecule has 0 heterocycles. The van der Waals surface area contributed by atoms with Crippen LogP contribution >= 0.6 is 0 Å². The number of aliphatic hydroxyl groups is 1. The Morgan fingerprint density at radius 3 is 2.60 bits per heavy atom. The molecular weight excluding hydrogens is 207 g/mol. The Morgan fingerprint density at radius 2 is 2.00 bits per heavy atom. The third kappa shape index (κ3) is 3.13. The van der Waals surface area contributed by atoms with E-state index in [0.717, 1.165) is 6.07 Å². The standard InChI is InChI=1S/C10H12F3NO/c1-6(5-15)4-14-9-3-7(11)2-8(12)10(9)13/h2-3,6,14-15H,4-5H2,1H3. The lowest BCUT2D eigenvalue weighted by molar-refractivity contribution is 0.244. The Morgan fingerprint density at radius 1 is 1.33 bits per heavy atom. The highest BCUT2D eigenvalue weighted by atomic mass is 19.2. The van der Waals surface area contributed by atoms with Gasteiger partial charge in [-0.05, 0) is 5.92 Å². The third-order valence-electron chi connectivity index (χ3n) is 1.95. The second kappa shape index (κ2) is 5.02. The Balaban J connectivity index is 2.76. The molecule has 0 aliphatic heterocycles. The second-order valence-corrected chi connectivity index (χ2v) is 3.42. The van der Waals surface area contributed by atoms with E-state index in [1.165, 1.54) is 0 Å². The van der Waals surface area contributed by atoms with Gasteiger partial charge in [0, 0.05) is 25.3 Å². The molecule has 1 aromatic carbocycles. The highest BCUT2D eigenvalue weighted by molar-refractivity contribution is 5.45. The van der Waals surface area contributed by atoms with Crippen molar-refractivity contribution in [2.45, 2.75) is 6.92 Å². The third-order valence-corrected chi connectivity index (χ3v) is 1.95. The fourth-order valence-corrected chi connectivity index (χ4v) is 1.03. The van der Waals surface area contributed by atoms with Gasteiger partial charge >= 0.3 is 0 Å². The first-order valence-corrected chi connectivity index (χ1v) is 4.54. The Bertz CT molecular complexity index is 344.